The summed E-state index contributed by atoms with van der Waals surface area (Å²) in [6.07, 6.45) is 8.02. The second-order valence-corrected chi connectivity index (χ2v) is 9.53. The number of carbonyl (C=O) groups is 1. The number of ether oxygens (including phenoxy) is 2. The number of benzene rings is 1. The zero-order valence-corrected chi connectivity index (χ0v) is 21.6. The third kappa shape index (κ3) is 6.02. The number of amides is 1. The first-order chi connectivity index (χ1) is 17.5. The Morgan fingerprint density at radius 3 is 2.61 bits per heavy atom. The maximum absolute atomic E-state index is 11.2. The molecule has 9 nitrogen and oxygen atoms in total. The highest BCUT2D eigenvalue weighted by Crippen LogP contribution is 2.34. The molecule has 2 aromatic heterocycles. The maximum Gasteiger partial charge on any atom is 0.227 e. The molecule has 9 heteroatoms. The molecule has 1 saturated heterocycles. The minimum atomic E-state index is -0.187. The molecule has 0 radical (unpaired) electrons. The van der Waals surface area contributed by atoms with Gasteiger partial charge in [0.1, 0.15) is 24.0 Å². The summed E-state index contributed by atoms with van der Waals surface area (Å²) in [5.74, 6) is 3.23. The summed E-state index contributed by atoms with van der Waals surface area (Å²) in [6, 6.07) is 7.80. The van der Waals surface area contributed by atoms with Crippen molar-refractivity contribution < 1.29 is 14.3 Å². The van der Waals surface area contributed by atoms with Crippen LogP contribution in [0.2, 0.25) is 0 Å². The molecular formula is C27H36N6O3. The number of methoxy groups -OCH3 is 1. The van der Waals surface area contributed by atoms with Crippen molar-refractivity contribution in [3.8, 4) is 5.75 Å². The number of piperidine rings is 1. The molecule has 3 aromatic rings. The van der Waals surface area contributed by atoms with Crippen molar-refractivity contribution >= 4 is 34.8 Å². The van der Waals surface area contributed by atoms with Crippen LogP contribution in [0.4, 0.5) is 17.6 Å². The van der Waals surface area contributed by atoms with Crippen LogP contribution in [0, 0.1) is 0 Å². The van der Waals surface area contributed by atoms with Crippen molar-refractivity contribution in [3.63, 3.8) is 0 Å². The van der Waals surface area contributed by atoms with Crippen LogP contribution in [0.1, 0.15) is 44.6 Å². The number of rotatable bonds is 11. The zero-order valence-electron chi connectivity index (χ0n) is 21.6. The van der Waals surface area contributed by atoms with Crippen LogP contribution in [0.3, 0.4) is 0 Å². The lowest BCUT2D eigenvalue weighted by Gasteiger charge is -2.26. The SMILES string of the molecule is COCC(COc1ccc(C(C)C)c2cc(Nc3ccnc(N4CCCCC4)n3)ncc12)N(C)C=O. The van der Waals surface area contributed by atoms with E-state index < -0.39 is 0 Å². The normalized spacial score (nSPS) is 14.6. The number of hydrogen-bond acceptors (Lipinski definition) is 8. The highest BCUT2D eigenvalue weighted by molar-refractivity contribution is 5.92. The Kier molecular flexibility index (Phi) is 8.53. The van der Waals surface area contributed by atoms with Crippen LogP contribution in [0.15, 0.2) is 36.7 Å². The summed E-state index contributed by atoms with van der Waals surface area (Å²) < 4.78 is 11.4. The van der Waals surface area contributed by atoms with Gasteiger partial charge in [-0.15, -0.1) is 0 Å². The predicted octanol–water partition coefficient (Wildman–Crippen LogP) is 4.36. The second kappa shape index (κ2) is 12.0. The van der Waals surface area contributed by atoms with Gasteiger partial charge in [-0.05, 0) is 54.3 Å². The van der Waals surface area contributed by atoms with Crippen LogP contribution in [-0.4, -0.2) is 72.8 Å². The highest BCUT2D eigenvalue weighted by Gasteiger charge is 2.17. The number of pyridine rings is 1. The van der Waals surface area contributed by atoms with Gasteiger partial charge < -0.3 is 24.6 Å². The van der Waals surface area contributed by atoms with E-state index in [1.54, 1.807) is 25.3 Å². The fourth-order valence-electron chi connectivity index (χ4n) is 4.48. The summed E-state index contributed by atoms with van der Waals surface area (Å²) in [7, 11) is 3.34. The third-order valence-electron chi connectivity index (χ3n) is 6.59. The zero-order chi connectivity index (χ0) is 25.5. The number of hydrogen-bond donors (Lipinski definition) is 1. The molecule has 36 heavy (non-hydrogen) atoms. The summed E-state index contributed by atoms with van der Waals surface area (Å²) in [4.78, 5) is 28.9. The number of nitrogens with one attached hydrogen (secondary N) is 1. The molecule has 1 fully saturated rings. The molecule has 1 N–H and O–H groups in total. The van der Waals surface area contributed by atoms with Crippen molar-refractivity contribution in [1.82, 2.24) is 19.9 Å². The van der Waals surface area contributed by atoms with Crippen molar-refractivity contribution in [2.75, 3.05) is 50.7 Å². The average molecular weight is 493 g/mol. The average Bonchev–Trinajstić information content (AvgIpc) is 2.90. The molecule has 1 atom stereocenters. The van der Waals surface area contributed by atoms with Gasteiger partial charge in [-0.1, -0.05) is 19.9 Å². The van der Waals surface area contributed by atoms with Crippen molar-refractivity contribution in [3.05, 3.63) is 42.2 Å². The van der Waals surface area contributed by atoms with E-state index in [1.807, 2.05) is 24.4 Å². The van der Waals surface area contributed by atoms with Crippen molar-refractivity contribution in [2.24, 2.45) is 0 Å². The van der Waals surface area contributed by atoms with Gasteiger partial charge >= 0.3 is 0 Å². The predicted molar refractivity (Wildman–Crippen MR) is 142 cm³/mol. The monoisotopic (exact) mass is 492 g/mol. The number of aromatic nitrogens is 3. The number of fused-ring (bicyclic) bond motifs is 1. The molecule has 1 aliphatic heterocycles. The molecule has 1 aliphatic rings. The molecule has 0 bridgehead atoms. The Morgan fingerprint density at radius 1 is 1.08 bits per heavy atom. The van der Waals surface area contributed by atoms with Crippen LogP contribution in [0.25, 0.3) is 10.8 Å². The van der Waals surface area contributed by atoms with Gasteiger partial charge in [0.15, 0.2) is 0 Å². The van der Waals surface area contributed by atoms with E-state index >= 15 is 0 Å². The van der Waals surface area contributed by atoms with Crippen LogP contribution in [0.5, 0.6) is 5.75 Å². The quantitative estimate of drug-likeness (QED) is 0.395. The number of anilines is 3. The Balaban J connectivity index is 1.59. The van der Waals surface area contributed by atoms with Gasteiger partial charge in [0, 0.05) is 45.0 Å². The Bertz CT molecular complexity index is 1170. The number of nitrogens with zero attached hydrogens (tertiary/aromatic N) is 5. The topological polar surface area (TPSA) is 92.7 Å². The smallest absolute Gasteiger partial charge is 0.227 e. The molecule has 0 saturated carbocycles. The van der Waals surface area contributed by atoms with E-state index in [0.717, 1.165) is 47.8 Å². The first kappa shape index (κ1) is 25.6. The molecule has 1 amide bonds. The fraction of sp³-hybridized carbons (Fsp3) is 0.481. The Morgan fingerprint density at radius 2 is 1.89 bits per heavy atom. The van der Waals surface area contributed by atoms with E-state index in [-0.39, 0.29) is 6.04 Å². The number of carbonyl (C=O) groups excluding carboxylic acids is 1. The summed E-state index contributed by atoms with van der Waals surface area (Å²) in [5, 5.41) is 5.35. The lowest BCUT2D eigenvalue weighted by Crippen LogP contribution is -2.39. The lowest BCUT2D eigenvalue weighted by molar-refractivity contribution is -0.120. The van der Waals surface area contributed by atoms with Crippen molar-refractivity contribution in [1.29, 1.82) is 0 Å². The first-order valence-corrected chi connectivity index (χ1v) is 12.6. The van der Waals surface area contributed by atoms with Gasteiger partial charge in [0.05, 0.1) is 12.6 Å². The van der Waals surface area contributed by atoms with Gasteiger partial charge in [0.25, 0.3) is 0 Å². The molecule has 0 spiro atoms. The Hall–Kier alpha value is -3.46. The van der Waals surface area contributed by atoms with E-state index in [2.05, 4.69) is 40.1 Å². The molecule has 0 aliphatic carbocycles. The molecule has 1 aromatic carbocycles. The molecule has 3 heterocycles. The van der Waals surface area contributed by atoms with Crippen LogP contribution < -0.4 is 15.0 Å². The van der Waals surface area contributed by atoms with Gasteiger partial charge in [-0.25, -0.2) is 9.97 Å². The number of likely N-dealkylation sites (N-methyl/N-ethyl adjacent to an activating group) is 1. The fourth-order valence-corrected chi connectivity index (χ4v) is 4.48. The minimum Gasteiger partial charge on any atom is -0.491 e. The second-order valence-electron chi connectivity index (χ2n) is 9.53. The largest absolute Gasteiger partial charge is 0.491 e. The van der Waals surface area contributed by atoms with E-state index in [4.69, 9.17) is 14.5 Å². The van der Waals surface area contributed by atoms with Gasteiger partial charge in [-0.2, -0.15) is 4.98 Å². The third-order valence-corrected chi connectivity index (χ3v) is 6.59. The maximum atomic E-state index is 11.2. The van der Waals surface area contributed by atoms with Gasteiger partial charge in [0.2, 0.25) is 12.4 Å². The molecular weight excluding hydrogens is 456 g/mol. The summed E-state index contributed by atoms with van der Waals surface area (Å²) in [6.45, 7) is 7.04. The standard InChI is InChI=1S/C27H36N6O3/c1-19(2)21-8-9-24(36-17-20(16-35-4)32(3)18-34)23-15-29-26(14-22(21)23)30-25-10-11-28-27(31-25)33-12-6-5-7-13-33/h8-11,14-15,18-20H,5-7,12-13,16-17H2,1-4H3,(H,28,29,30,31). The summed E-state index contributed by atoms with van der Waals surface area (Å²) in [5.41, 5.74) is 1.21. The first-order valence-electron chi connectivity index (χ1n) is 12.6. The van der Waals surface area contributed by atoms with Gasteiger partial charge in [-0.3, -0.25) is 4.79 Å². The van der Waals surface area contributed by atoms with E-state index in [1.165, 1.54) is 24.8 Å². The van der Waals surface area contributed by atoms with Crippen molar-refractivity contribution in [2.45, 2.75) is 45.1 Å². The van der Waals surface area contributed by atoms with Crippen LogP contribution >= 0.6 is 0 Å². The minimum absolute atomic E-state index is 0.187. The van der Waals surface area contributed by atoms with E-state index in [9.17, 15) is 4.79 Å². The summed E-state index contributed by atoms with van der Waals surface area (Å²) >= 11 is 0. The van der Waals surface area contributed by atoms with Crippen LogP contribution in [-0.2, 0) is 9.53 Å². The highest BCUT2D eigenvalue weighted by atomic mass is 16.5. The molecule has 192 valence electrons. The van der Waals surface area contributed by atoms with E-state index in [0.29, 0.717) is 24.9 Å². The molecule has 4 rings (SSSR count). The lowest BCUT2D eigenvalue weighted by atomic mass is 9.96. The molecule has 1 unspecified atom stereocenters. The Labute approximate surface area is 212 Å².